The standard InChI is InChI=1S/C26H34N2O4/c1-30-23-9-8-21-22(26(23)31-2)16-24(32-25(21)17-27-18-29)20-11-14-28(15-12-20)13-10-19-6-4-3-5-7-19/h3-9,18,20,24-25H,10-17H2,1-2H3,(H,27,29)/t24-,25-/m1/s1. The van der Waals surface area contributed by atoms with E-state index in [0.29, 0.717) is 12.5 Å². The molecule has 1 N–H and O–H groups in total. The first-order chi connectivity index (χ1) is 15.7. The maximum Gasteiger partial charge on any atom is 0.207 e. The number of amides is 1. The van der Waals surface area contributed by atoms with E-state index in [-0.39, 0.29) is 12.2 Å². The van der Waals surface area contributed by atoms with Gasteiger partial charge in [0, 0.05) is 25.1 Å². The van der Waals surface area contributed by atoms with Crippen molar-refractivity contribution in [2.75, 3.05) is 40.4 Å². The molecule has 0 aliphatic carbocycles. The lowest BCUT2D eigenvalue weighted by atomic mass is 9.83. The first-order valence-corrected chi connectivity index (χ1v) is 11.6. The molecular formula is C26H34N2O4. The third-order valence-corrected chi connectivity index (χ3v) is 6.88. The summed E-state index contributed by atoms with van der Waals surface area (Å²) >= 11 is 0. The summed E-state index contributed by atoms with van der Waals surface area (Å²) < 4.78 is 17.8. The molecule has 2 aliphatic heterocycles. The summed E-state index contributed by atoms with van der Waals surface area (Å²) in [7, 11) is 3.35. The van der Waals surface area contributed by atoms with Gasteiger partial charge in [-0.25, -0.2) is 0 Å². The number of ether oxygens (including phenoxy) is 3. The Bertz CT molecular complexity index is 881. The van der Waals surface area contributed by atoms with E-state index in [9.17, 15) is 4.79 Å². The van der Waals surface area contributed by atoms with Gasteiger partial charge in [-0.05, 0) is 55.5 Å². The summed E-state index contributed by atoms with van der Waals surface area (Å²) in [5.74, 6) is 2.02. The molecule has 0 spiro atoms. The number of rotatable bonds is 9. The molecule has 0 saturated carbocycles. The number of benzene rings is 2. The van der Waals surface area contributed by atoms with Crippen molar-refractivity contribution in [2.45, 2.75) is 37.9 Å². The van der Waals surface area contributed by atoms with Crippen LogP contribution in [0, 0.1) is 5.92 Å². The SMILES string of the molecule is COc1ccc2c(c1OC)C[C@H](C1CCN(CCc3ccccc3)CC1)O[C@@H]2CNC=O. The molecule has 0 radical (unpaired) electrons. The van der Waals surface area contributed by atoms with Crippen molar-refractivity contribution in [3.8, 4) is 11.5 Å². The van der Waals surface area contributed by atoms with Crippen molar-refractivity contribution < 1.29 is 19.0 Å². The highest BCUT2D eigenvalue weighted by atomic mass is 16.5. The van der Waals surface area contributed by atoms with Crippen molar-refractivity contribution in [1.29, 1.82) is 0 Å². The number of piperidine rings is 1. The number of hydrogen-bond acceptors (Lipinski definition) is 5. The molecule has 4 rings (SSSR count). The molecule has 2 aromatic carbocycles. The number of carbonyl (C=O) groups is 1. The van der Waals surface area contributed by atoms with Crippen LogP contribution >= 0.6 is 0 Å². The number of methoxy groups -OCH3 is 2. The Balaban J connectivity index is 1.42. The van der Waals surface area contributed by atoms with E-state index in [0.717, 1.165) is 74.4 Å². The Morgan fingerprint density at radius 3 is 2.56 bits per heavy atom. The van der Waals surface area contributed by atoms with Gasteiger partial charge in [-0.15, -0.1) is 0 Å². The van der Waals surface area contributed by atoms with Gasteiger partial charge in [0.2, 0.25) is 6.41 Å². The topological polar surface area (TPSA) is 60.0 Å². The number of nitrogens with one attached hydrogen (secondary N) is 1. The first kappa shape index (κ1) is 22.6. The zero-order valence-corrected chi connectivity index (χ0v) is 19.1. The highest BCUT2D eigenvalue weighted by Crippen LogP contribution is 2.43. The number of carbonyl (C=O) groups excluding carboxylic acids is 1. The fourth-order valence-electron chi connectivity index (χ4n) is 5.12. The van der Waals surface area contributed by atoms with Crippen LogP contribution < -0.4 is 14.8 Å². The first-order valence-electron chi connectivity index (χ1n) is 11.6. The maximum atomic E-state index is 10.9. The third-order valence-electron chi connectivity index (χ3n) is 6.88. The molecule has 0 unspecified atom stereocenters. The van der Waals surface area contributed by atoms with E-state index in [1.807, 2.05) is 12.1 Å². The van der Waals surface area contributed by atoms with Gasteiger partial charge in [0.25, 0.3) is 0 Å². The lowest BCUT2D eigenvalue weighted by Gasteiger charge is -2.41. The predicted molar refractivity (Wildman–Crippen MR) is 124 cm³/mol. The second-order valence-electron chi connectivity index (χ2n) is 8.68. The Morgan fingerprint density at radius 2 is 1.88 bits per heavy atom. The highest BCUT2D eigenvalue weighted by Gasteiger charge is 2.36. The lowest BCUT2D eigenvalue weighted by molar-refractivity contribution is -0.111. The minimum absolute atomic E-state index is 0.109. The summed E-state index contributed by atoms with van der Waals surface area (Å²) in [5.41, 5.74) is 3.62. The van der Waals surface area contributed by atoms with Gasteiger partial charge in [-0.3, -0.25) is 4.79 Å². The molecule has 1 saturated heterocycles. The normalized spacial score (nSPS) is 21.6. The molecule has 172 valence electrons. The van der Waals surface area contributed by atoms with Gasteiger partial charge in [-0.1, -0.05) is 36.4 Å². The molecule has 6 heteroatoms. The molecule has 2 aliphatic rings. The zero-order chi connectivity index (χ0) is 22.3. The average Bonchev–Trinajstić information content (AvgIpc) is 2.86. The van der Waals surface area contributed by atoms with E-state index in [1.165, 1.54) is 5.56 Å². The van der Waals surface area contributed by atoms with Crippen molar-refractivity contribution in [1.82, 2.24) is 10.2 Å². The van der Waals surface area contributed by atoms with Crippen molar-refractivity contribution >= 4 is 6.41 Å². The molecule has 0 aromatic heterocycles. The molecule has 1 amide bonds. The highest BCUT2D eigenvalue weighted by molar-refractivity contribution is 5.53. The summed E-state index contributed by atoms with van der Waals surface area (Å²) in [6.45, 7) is 3.74. The molecule has 1 fully saturated rings. The van der Waals surface area contributed by atoms with Crippen LogP contribution in [0.15, 0.2) is 42.5 Å². The van der Waals surface area contributed by atoms with Crippen LogP contribution in [-0.2, 0) is 22.4 Å². The summed E-state index contributed by atoms with van der Waals surface area (Å²) in [6.07, 6.45) is 4.81. The van der Waals surface area contributed by atoms with Crippen LogP contribution in [0.1, 0.15) is 35.6 Å². The van der Waals surface area contributed by atoms with E-state index in [1.54, 1.807) is 14.2 Å². The molecule has 2 heterocycles. The Kier molecular flexibility index (Phi) is 7.66. The van der Waals surface area contributed by atoms with E-state index >= 15 is 0 Å². The molecule has 2 aromatic rings. The van der Waals surface area contributed by atoms with Gasteiger partial charge in [0.05, 0.1) is 20.3 Å². The molecule has 2 atom stereocenters. The second-order valence-corrected chi connectivity index (χ2v) is 8.68. The molecular weight excluding hydrogens is 404 g/mol. The molecule has 0 bridgehead atoms. The fraction of sp³-hybridized carbons (Fsp3) is 0.500. The van der Waals surface area contributed by atoms with E-state index < -0.39 is 0 Å². The third kappa shape index (κ3) is 5.08. The van der Waals surface area contributed by atoms with Crippen LogP contribution in [-0.4, -0.2) is 57.8 Å². The summed E-state index contributed by atoms with van der Waals surface area (Å²) in [4.78, 5) is 13.5. The zero-order valence-electron chi connectivity index (χ0n) is 19.1. The largest absolute Gasteiger partial charge is 0.493 e. The van der Waals surface area contributed by atoms with E-state index in [4.69, 9.17) is 14.2 Å². The predicted octanol–water partition coefficient (Wildman–Crippen LogP) is 3.39. The Hall–Kier alpha value is -2.57. The van der Waals surface area contributed by atoms with Crippen molar-refractivity contribution in [3.05, 3.63) is 59.2 Å². The van der Waals surface area contributed by atoms with Crippen molar-refractivity contribution in [2.24, 2.45) is 5.92 Å². The Labute approximate surface area is 190 Å². The van der Waals surface area contributed by atoms with E-state index in [2.05, 4.69) is 40.5 Å². The quantitative estimate of drug-likeness (QED) is 0.608. The number of likely N-dealkylation sites (tertiary alicyclic amines) is 1. The van der Waals surface area contributed by atoms with Crippen LogP contribution in [0.25, 0.3) is 0 Å². The summed E-state index contributed by atoms with van der Waals surface area (Å²) in [5, 5.41) is 2.80. The van der Waals surface area contributed by atoms with Crippen molar-refractivity contribution in [3.63, 3.8) is 0 Å². The molecule has 6 nitrogen and oxygen atoms in total. The van der Waals surface area contributed by atoms with Crippen LogP contribution in [0.5, 0.6) is 11.5 Å². The van der Waals surface area contributed by atoms with Gasteiger partial charge in [0.15, 0.2) is 11.5 Å². The minimum atomic E-state index is -0.176. The average molecular weight is 439 g/mol. The maximum absolute atomic E-state index is 10.9. The number of hydrogen-bond donors (Lipinski definition) is 1. The van der Waals surface area contributed by atoms with Crippen LogP contribution in [0.4, 0.5) is 0 Å². The van der Waals surface area contributed by atoms with Crippen LogP contribution in [0.3, 0.4) is 0 Å². The van der Waals surface area contributed by atoms with Gasteiger partial charge >= 0.3 is 0 Å². The number of fused-ring (bicyclic) bond motifs is 1. The monoisotopic (exact) mass is 438 g/mol. The lowest BCUT2D eigenvalue weighted by Crippen LogP contribution is -2.43. The van der Waals surface area contributed by atoms with Gasteiger partial charge < -0.3 is 24.4 Å². The van der Waals surface area contributed by atoms with Gasteiger partial charge in [-0.2, -0.15) is 0 Å². The smallest absolute Gasteiger partial charge is 0.207 e. The molecule has 32 heavy (non-hydrogen) atoms. The fourth-order valence-corrected chi connectivity index (χ4v) is 5.12. The minimum Gasteiger partial charge on any atom is -0.493 e. The number of nitrogens with zero attached hydrogens (tertiary/aromatic N) is 1. The second kappa shape index (κ2) is 10.8. The summed E-state index contributed by atoms with van der Waals surface area (Å²) in [6, 6.07) is 14.7. The van der Waals surface area contributed by atoms with Crippen LogP contribution in [0.2, 0.25) is 0 Å². The van der Waals surface area contributed by atoms with Gasteiger partial charge in [0.1, 0.15) is 6.10 Å². The Morgan fingerprint density at radius 1 is 1.09 bits per heavy atom.